The molecule has 142 valence electrons. The number of rotatable bonds is 3. The SMILES string of the molecule is C#CCn1c(=NC(=O)[C@H]2COc3ccccc3O2)sc2c(Cl)ccc(OC)c21. The summed E-state index contributed by atoms with van der Waals surface area (Å²) in [6, 6.07) is 10.7. The van der Waals surface area contributed by atoms with E-state index >= 15 is 0 Å². The number of fused-ring (bicyclic) bond motifs is 2. The summed E-state index contributed by atoms with van der Waals surface area (Å²) < 4.78 is 19.3. The summed E-state index contributed by atoms with van der Waals surface area (Å²) in [7, 11) is 1.56. The molecule has 8 heteroatoms. The quantitative estimate of drug-likeness (QED) is 0.617. The van der Waals surface area contributed by atoms with Crippen LogP contribution in [-0.4, -0.2) is 30.3 Å². The molecule has 2 heterocycles. The van der Waals surface area contributed by atoms with Gasteiger partial charge in [0.25, 0.3) is 5.91 Å². The van der Waals surface area contributed by atoms with E-state index in [2.05, 4.69) is 10.9 Å². The second-order valence-electron chi connectivity index (χ2n) is 5.92. The Morgan fingerprint density at radius 2 is 2.18 bits per heavy atom. The van der Waals surface area contributed by atoms with Crippen molar-refractivity contribution in [1.29, 1.82) is 0 Å². The number of nitrogens with zero attached hydrogens (tertiary/aromatic N) is 2. The Bertz CT molecular complexity index is 1180. The van der Waals surface area contributed by atoms with E-state index in [-0.39, 0.29) is 13.2 Å². The fourth-order valence-electron chi connectivity index (χ4n) is 2.92. The largest absolute Gasteiger partial charge is 0.495 e. The molecule has 0 aliphatic carbocycles. The molecule has 4 rings (SSSR count). The van der Waals surface area contributed by atoms with E-state index in [0.29, 0.717) is 32.6 Å². The number of amides is 1. The third kappa shape index (κ3) is 3.21. The van der Waals surface area contributed by atoms with Gasteiger partial charge in [0, 0.05) is 0 Å². The smallest absolute Gasteiger partial charge is 0.292 e. The first-order chi connectivity index (χ1) is 13.6. The number of benzene rings is 2. The number of hydrogen-bond acceptors (Lipinski definition) is 5. The van der Waals surface area contributed by atoms with Gasteiger partial charge in [-0.2, -0.15) is 4.99 Å². The van der Waals surface area contributed by atoms with Crippen LogP contribution < -0.4 is 19.0 Å². The summed E-state index contributed by atoms with van der Waals surface area (Å²) in [6.45, 7) is 0.303. The number of carbonyl (C=O) groups is 1. The van der Waals surface area contributed by atoms with Gasteiger partial charge in [0.15, 0.2) is 16.3 Å². The molecule has 1 atom stereocenters. The highest BCUT2D eigenvalue weighted by atomic mass is 35.5. The van der Waals surface area contributed by atoms with Crippen molar-refractivity contribution in [2.45, 2.75) is 12.6 Å². The molecule has 0 radical (unpaired) electrons. The Kier molecular flexibility index (Phi) is 4.99. The molecule has 1 aliphatic heterocycles. The van der Waals surface area contributed by atoms with Gasteiger partial charge in [0.05, 0.1) is 23.4 Å². The molecule has 0 saturated carbocycles. The minimum Gasteiger partial charge on any atom is -0.495 e. The molecular weight excluding hydrogens is 400 g/mol. The van der Waals surface area contributed by atoms with Crippen LogP contribution in [0.2, 0.25) is 5.02 Å². The molecule has 0 bridgehead atoms. The van der Waals surface area contributed by atoms with Crippen LogP contribution in [-0.2, 0) is 11.3 Å². The second kappa shape index (κ2) is 7.58. The van der Waals surface area contributed by atoms with Gasteiger partial charge in [-0.3, -0.25) is 4.79 Å². The minimum absolute atomic E-state index is 0.0868. The van der Waals surface area contributed by atoms with Crippen LogP contribution in [0.15, 0.2) is 41.4 Å². The van der Waals surface area contributed by atoms with Crippen molar-refractivity contribution in [3.63, 3.8) is 0 Å². The summed E-state index contributed by atoms with van der Waals surface area (Å²) in [5.41, 5.74) is 0.704. The molecule has 1 aromatic heterocycles. The lowest BCUT2D eigenvalue weighted by Gasteiger charge is -2.23. The van der Waals surface area contributed by atoms with E-state index in [1.807, 2.05) is 12.1 Å². The molecule has 0 N–H and O–H groups in total. The normalized spacial score (nSPS) is 16.0. The summed E-state index contributed by atoms with van der Waals surface area (Å²) in [6.07, 6.45) is 4.69. The van der Waals surface area contributed by atoms with Crippen molar-refractivity contribution in [2.75, 3.05) is 13.7 Å². The van der Waals surface area contributed by atoms with Crippen LogP contribution in [0, 0.1) is 12.3 Å². The first kappa shape index (κ1) is 18.4. The lowest BCUT2D eigenvalue weighted by molar-refractivity contribution is -0.127. The first-order valence-electron chi connectivity index (χ1n) is 8.38. The zero-order valence-electron chi connectivity index (χ0n) is 14.8. The monoisotopic (exact) mass is 414 g/mol. The van der Waals surface area contributed by atoms with Crippen molar-refractivity contribution in [2.24, 2.45) is 4.99 Å². The fraction of sp³-hybridized carbons (Fsp3) is 0.200. The predicted octanol–water partition coefficient (Wildman–Crippen LogP) is 3.27. The van der Waals surface area contributed by atoms with Crippen LogP contribution in [0.1, 0.15) is 0 Å². The Morgan fingerprint density at radius 3 is 2.93 bits per heavy atom. The van der Waals surface area contributed by atoms with E-state index < -0.39 is 12.0 Å². The molecule has 6 nitrogen and oxygen atoms in total. The van der Waals surface area contributed by atoms with Gasteiger partial charge >= 0.3 is 0 Å². The molecule has 3 aromatic rings. The average Bonchev–Trinajstić information content (AvgIpc) is 3.07. The van der Waals surface area contributed by atoms with Crippen molar-refractivity contribution in [3.05, 3.63) is 46.2 Å². The molecular formula is C20H15ClN2O4S. The fourth-order valence-corrected chi connectivity index (χ4v) is 4.24. The highest BCUT2D eigenvalue weighted by molar-refractivity contribution is 7.17. The van der Waals surface area contributed by atoms with Gasteiger partial charge in [-0.1, -0.05) is 41.0 Å². The maximum absolute atomic E-state index is 12.8. The summed E-state index contributed by atoms with van der Waals surface area (Å²) in [4.78, 5) is 17.4. The number of hydrogen-bond donors (Lipinski definition) is 0. The lowest BCUT2D eigenvalue weighted by atomic mass is 10.2. The Hall–Kier alpha value is -2.95. The van der Waals surface area contributed by atoms with Gasteiger partial charge in [-0.15, -0.1) is 6.42 Å². The molecule has 1 amide bonds. The molecule has 0 unspecified atom stereocenters. The third-order valence-electron chi connectivity index (χ3n) is 4.20. The lowest BCUT2D eigenvalue weighted by Crippen LogP contribution is -2.36. The van der Waals surface area contributed by atoms with Crippen LogP contribution in [0.3, 0.4) is 0 Å². The highest BCUT2D eigenvalue weighted by Gasteiger charge is 2.27. The van der Waals surface area contributed by atoms with Crippen LogP contribution in [0.5, 0.6) is 17.2 Å². The standard InChI is InChI=1S/C20H15ClN2O4S/c1-3-10-23-17-15(25-2)9-8-12(21)18(17)28-20(23)22-19(24)16-11-26-13-6-4-5-7-14(13)27-16/h1,4-9,16H,10-11H2,2H3/t16-/m1/s1. The summed E-state index contributed by atoms with van der Waals surface area (Å²) in [5.74, 6) is 3.85. The molecule has 0 fully saturated rings. The van der Waals surface area contributed by atoms with Gasteiger partial charge in [0.1, 0.15) is 17.9 Å². The molecule has 0 spiro atoms. The second-order valence-corrected chi connectivity index (χ2v) is 7.30. The zero-order chi connectivity index (χ0) is 19.7. The zero-order valence-corrected chi connectivity index (χ0v) is 16.4. The predicted molar refractivity (Wildman–Crippen MR) is 107 cm³/mol. The van der Waals surface area contributed by atoms with Gasteiger partial charge < -0.3 is 18.8 Å². The van der Waals surface area contributed by atoms with Crippen LogP contribution >= 0.6 is 22.9 Å². The Morgan fingerprint density at radius 1 is 1.39 bits per heavy atom. The summed E-state index contributed by atoms with van der Waals surface area (Å²) in [5, 5.41) is 0.534. The number of thiazole rings is 1. The maximum Gasteiger partial charge on any atom is 0.292 e. The van der Waals surface area contributed by atoms with Crippen molar-refractivity contribution in [1.82, 2.24) is 4.57 Å². The first-order valence-corrected chi connectivity index (χ1v) is 9.58. The van der Waals surface area contributed by atoms with Crippen LogP contribution in [0.25, 0.3) is 10.2 Å². The Labute approximate surface area is 169 Å². The van der Waals surface area contributed by atoms with E-state index in [9.17, 15) is 4.79 Å². The van der Waals surface area contributed by atoms with E-state index in [1.165, 1.54) is 11.3 Å². The molecule has 0 saturated heterocycles. The van der Waals surface area contributed by atoms with Gasteiger partial charge in [0.2, 0.25) is 6.10 Å². The van der Waals surface area contributed by atoms with Crippen molar-refractivity contribution < 1.29 is 19.0 Å². The van der Waals surface area contributed by atoms with Gasteiger partial charge in [-0.25, -0.2) is 0 Å². The topological polar surface area (TPSA) is 62.1 Å². The minimum atomic E-state index is -0.836. The molecule has 2 aromatic carbocycles. The average molecular weight is 415 g/mol. The maximum atomic E-state index is 12.8. The third-order valence-corrected chi connectivity index (χ3v) is 5.74. The number of terminal acetylenes is 1. The highest BCUT2D eigenvalue weighted by Crippen LogP contribution is 2.34. The van der Waals surface area contributed by atoms with Gasteiger partial charge in [-0.05, 0) is 24.3 Å². The summed E-state index contributed by atoms with van der Waals surface area (Å²) >= 11 is 7.60. The van der Waals surface area contributed by atoms with Crippen molar-refractivity contribution >= 4 is 39.1 Å². The van der Waals surface area contributed by atoms with Crippen molar-refractivity contribution in [3.8, 4) is 29.6 Å². The number of carbonyl (C=O) groups excluding carboxylic acids is 1. The number of halogens is 1. The van der Waals surface area contributed by atoms with E-state index in [0.717, 1.165) is 4.70 Å². The number of para-hydroxylation sites is 2. The van der Waals surface area contributed by atoms with Crippen LogP contribution in [0.4, 0.5) is 0 Å². The molecule has 28 heavy (non-hydrogen) atoms. The Balaban J connectivity index is 1.77. The number of ether oxygens (including phenoxy) is 3. The number of aromatic nitrogens is 1. The van der Waals surface area contributed by atoms with E-state index in [1.54, 1.807) is 35.9 Å². The molecule has 1 aliphatic rings. The van der Waals surface area contributed by atoms with E-state index in [4.69, 9.17) is 32.2 Å². The number of methoxy groups -OCH3 is 1.